The quantitative estimate of drug-likeness (QED) is 0.866. The van der Waals surface area contributed by atoms with Crippen molar-refractivity contribution >= 4 is 5.97 Å². The highest BCUT2D eigenvalue weighted by Gasteiger charge is 2.44. The molecule has 1 heterocycles. The van der Waals surface area contributed by atoms with Crippen molar-refractivity contribution in [2.45, 2.75) is 58.8 Å². The molecule has 0 amide bonds. The molecule has 2 aromatic rings. The van der Waals surface area contributed by atoms with Gasteiger partial charge in [-0.3, -0.25) is 4.79 Å². The number of fused-ring (bicyclic) bond motifs is 1. The van der Waals surface area contributed by atoms with Gasteiger partial charge in [-0.15, -0.1) is 0 Å². The van der Waals surface area contributed by atoms with Crippen LogP contribution in [0, 0.1) is 20.8 Å². The molecular weight excluding hydrogens is 328 g/mol. The van der Waals surface area contributed by atoms with E-state index < -0.39 is 11.6 Å². The van der Waals surface area contributed by atoms with Crippen molar-refractivity contribution in [2.75, 3.05) is 0 Å². The zero-order valence-electron chi connectivity index (χ0n) is 15.8. The van der Waals surface area contributed by atoms with Crippen LogP contribution in [0.2, 0.25) is 0 Å². The topological polar surface area (TPSA) is 55.8 Å². The normalized spacial score (nSPS) is 21.8. The fraction of sp³-hybridized carbons (Fsp3) is 0.409. The van der Waals surface area contributed by atoms with Gasteiger partial charge in [-0.25, -0.2) is 0 Å². The minimum absolute atomic E-state index is 0.0989. The fourth-order valence-electron chi connectivity index (χ4n) is 3.65. The number of aliphatic carboxylic acids is 1. The Labute approximate surface area is 154 Å². The molecule has 0 radical (unpaired) electrons. The third-order valence-corrected chi connectivity index (χ3v) is 5.32. The van der Waals surface area contributed by atoms with Crippen LogP contribution in [0.25, 0.3) is 0 Å². The molecule has 2 aromatic carbocycles. The molecule has 0 saturated carbocycles. The molecule has 0 fully saturated rings. The van der Waals surface area contributed by atoms with Gasteiger partial charge >= 0.3 is 5.97 Å². The van der Waals surface area contributed by atoms with Crippen LogP contribution in [0.3, 0.4) is 0 Å². The minimum atomic E-state index is -0.904. The molecule has 0 spiro atoms. The minimum Gasteiger partial charge on any atom is -0.484 e. The molecule has 4 heteroatoms. The van der Waals surface area contributed by atoms with E-state index in [2.05, 4.69) is 19.9 Å². The molecule has 2 atom stereocenters. The van der Waals surface area contributed by atoms with E-state index in [0.29, 0.717) is 13.0 Å². The van der Waals surface area contributed by atoms with Gasteiger partial charge in [0.25, 0.3) is 0 Å². The maximum atomic E-state index is 11.5. The zero-order valence-corrected chi connectivity index (χ0v) is 15.8. The summed E-state index contributed by atoms with van der Waals surface area (Å²) in [4.78, 5) is 11.5. The zero-order chi connectivity index (χ0) is 18.9. The van der Waals surface area contributed by atoms with Crippen molar-refractivity contribution in [3.8, 4) is 5.75 Å². The standard InChI is InChI=1S/C22H26O4/c1-14-10-15(2)18-11-19(25-13-17-8-6-5-7-9-17)22(4,12-20(23)24)26-21(18)16(14)3/h5-10,19H,11-13H2,1-4H3,(H,23,24). The van der Waals surface area contributed by atoms with Crippen LogP contribution in [0.15, 0.2) is 36.4 Å². The summed E-state index contributed by atoms with van der Waals surface area (Å²) in [5, 5.41) is 9.42. The molecule has 0 aliphatic carbocycles. The van der Waals surface area contributed by atoms with Gasteiger partial charge in [-0.2, -0.15) is 0 Å². The van der Waals surface area contributed by atoms with Gasteiger partial charge in [0.05, 0.1) is 13.0 Å². The number of benzene rings is 2. The van der Waals surface area contributed by atoms with Crippen LogP contribution < -0.4 is 4.74 Å². The summed E-state index contributed by atoms with van der Waals surface area (Å²) >= 11 is 0. The van der Waals surface area contributed by atoms with Crippen LogP contribution in [-0.2, 0) is 22.6 Å². The lowest BCUT2D eigenvalue weighted by molar-refractivity contribution is -0.151. The molecule has 3 rings (SSSR count). The van der Waals surface area contributed by atoms with Crippen LogP contribution in [-0.4, -0.2) is 22.8 Å². The lowest BCUT2D eigenvalue weighted by Crippen LogP contribution is -2.52. The maximum Gasteiger partial charge on any atom is 0.307 e. The number of carboxylic acids is 1. The van der Waals surface area contributed by atoms with Gasteiger partial charge in [0.2, 0.25) is 0 Å². The van der Waals surface area contributed by atoms with Crippen LogP contribution in [0.5, 0.6) is 5.75 Å². The van der Waals surface area contributed by atoms with Crippen molar-refractivity contribution in [2.24, 2.45) is 0 Å². The van der Waals surface area contributed by atoms with Crippen molar-refractivity contribution in [3.63, 3.8) is 0 Å². The Kier molecular flexibility index (Phi) is 5.05. The number of rotatable bonds is 5. The number of carbonyl (C=O) groups is 1. The predicted octanol–water partition coefficient (Wildman–Crippen LogP) is 4.37. The number of carboxylic acid groups (broad SMARTS) is 1. The molecular formula is C22H26O4. The summed E-state index contributed by atoms with van der Waals surface area (Å²) in [6, 6.07) is 12.1. The lowest BCUT2D eigenvalue weighted by atomic mass is 9.83. The monoisotopic (exact) mass is 354 g/mol. The largest absolute Gasteiger partial charge is 0.484 e. The Morgan fingerprint density at radius 1 is 1.23 bits per heavy atom. The second-order valence-corrected chi connectivity index (χ2v) is 7.42. The van der Waals surface area contributed by atoms with Gasteiger partial charge in [0.15, 0.2) is 0 Å². The molecule has 0 saturated heterocycles. The Hall–Kier alpha value is -2.33. The fourth-order valence-corrected chi connectivity index (χ4v) is 3.65. The Balaban J connectivity index is 1.93. The Morgan fingerprint density at radius 3 is 2.58 bits per heavy atom. The van der Waals surface area contributed by atoms with Gasteiger partial charge in [0.1, 0.15) is 17.5 Å². The molecule has 26 heavy (non-hydrogen) atoms. The highest BCUT2D eigenvalue weighted by molar-refractivity contribution is 5.68. The average molecular weight is 354 g/mol. The smallest absolute Gasteiger partial charge is 0.307 e. The second-order valence-electron chi connectivity index (χ2n) is 7.42. The van der Waals surface area contributed by atoms with Gasteiger partial charge < -0.3 is 14.6 Å². The first-order valence-corrected chi connectivity index (χ1v) is 8.96. The Morgan fingerprint density at radius 2 is 1.92 bits per heavy atom. The van der Waals surface area contributed by atoms with E-state index in [4.69, 9.17) is 9.47 Å². The van der Waals surface area contributed by atoms with E-state index in [0.717, 1.165) is 33.6 Å². The molecule has 0 aromatic heterocycles. The van der Waals surface area contributed by atoms with E-state index in [1.54, 1.807) is 0 Å². The third-order valence-electron chi connectivity index (χ3n) is 5.32. The molecule has 1 N–H and O–H groups in total. The first-order valence-electron chi connectivity index (χ1n) is 8.96. The Bertz CT molecular complexity index is 813. The summed E-state index contributed by atoms with van der Waals surface area (Å²) in [6.45, 7) is 8.43. The summed E-state index contributed by atoms with van der Waals surface area (Å²) in [5.74, 6) is -0.0582. The maximum absolute atomic E-state index is 11.5. The number of hydrogen-bond donors (Lipinski definition) is 1. The molecule has 138 valence electrons. The van der Waals surface area contributed by atoms with Crippen molar-refractivity contribution < 1.29 is 19.4 Å². The van der Waals surface area contributed by atoms with E-state index >= 15 is 0 Å². The SMILES string of the molecule is Cc1cc(C)c2c(c1C)OC(C)(CC(=O)O)C(OCc1ccccc1)C2. The highest BCUT2D eigenvalue weighted by atomic mass is 16.6. The van der Waals surface area contributed by atoms with Crippen LogP contribution >= 0.6 is 0 Å². The molecule has 4 nitrogen and oxygen atoms in total. The number of aryl methyl sites for hydroxylation is 2. The summed E-state index contributed by atoms with van der Waals surface area (Å²) in [6.07, 6.45) is 0.226. The predicted molar refractivity (Wildman–Crippen MR) is 101 cm³/mol. The van der Waals surface area contributed by atoms with Gasteiger partial charge in [0, 0.05) is 12.0 Å². The van der Waals surface area contributed by atoms with Gasteiger partial charge in [-0.1, -0.05) is 36.4 Å². The lowest BCUT2D eigenvalue weighted by Gasteiger charge is -2.42. The number of hydrogen-bond acceptors (Lipinski definition) is 3. The average Bonchev–Trinajstić information content (AvgIpc) is 2.58. The summed E-state index contributed by atoms with van der Waals surface area (Å²) in [7, 11) is 0. The van der Waals surface area contributed by atoms with Gasteiger partial charge in [-0.05, 0) is 49.9 Å². The van der Waals surface area contributed by atoms with E-state index in [9.17, 15) is 9.90 Å². The number of ether oxygens (including phenoxy) is 2. The van der Waals surface area contributed by atoms with Crippen molar-refractivity contribution in [1.82, 2.24) is 0 Å². The highest BCUT2D eigenvalue weighted by Crippen LogP contribution is 2.41. The first kappa shape index (κ1) is 18.5. The van der Waals surface area contributed by atoms with Crippen molar-refractivity contribution in [1.29, 1.82) is 0 Å². The summed E-state index contributed by atoms with van der Waals surface area (Å²) < 4.78 is 12.5. The summed E-state index contributed by atoms with van der Waals surface area (Å²) in [5.41, 5.74) is 4.67. The third kappa shape index (κ3) is 3.61. The molecule has 1 aliphatic heterocycles. The second kappa shape index (κ2) is 7.12. The van der Waals surface area contributed by atoms with Crippen LogP contribution in [0.1, 0.15) is 41.2 Å². The van der Waals surface area contributed by atoms with E-state index in [1.807, 2.05) is 44.2 Å². The first-order chi connectivity index (χ1) is 12.3. The molecule has 2 unspecified atom stereocenters. The molecule has 1 aliphatic rings. The van der Waals surface area contributed by atoms with E-state index in [-0.39, 0.29) is 12.5 Å². The van der Waals surface area contributed by atoms with Crippen LogP contribution in [0.4, 0.5) is 0 Å². The van der Waals surface area contributed by atoms with E-state index in [1.165, 1.54) is 0 Å². The van der Waals surface area contributed by atoms with Crippen molar-refractivity contribution in [3.05, 3.63) is 64.2 Å². The molecule has 0 bridgehead atoms.